The van der Waals surface area contributed by atoms with Crippen LogP contribution in [0.3, 0.4) is 0 Å². The fraction of sp³-hybridized carbons (Fsp3) is 0.452. The van der Waals surface area contributed by atoms with Crippen molar-refractivity contribution in [3.8, 4) is 11.5 Å². The number of nitrogens with one attached hydrogen (secondary N) is 1. The molecule has 0 unspecified atom stereocenters. The Morgan fingerprint density at radius 2 is 1.19 bits per heavy atom. The molecule has 0 aliphatic carbocycles. The molecule has 0 saturated carbocycles. The van der Waals surface area contributed by atoms with E-state index in [-0.39, 0.29) is 11.1 Å². The number of hydrogen-bond donors (Lipinski definition) is 2. The normalized spacial score (nSPS) is 17.2. The van der Waals surface area contributed by atoms with E-state index in [2.05, 4.69) is 70.3 Å². The third kappa shape index (κ3) is 9.34. The molecule has 280 valence electrons. The minimum atomic E-state index is 0.0755. The Morgan fingerprint density at radius 3 is 1.75 bits per heavy atom. The van der Waals surface area contributed by atoms with Gasteiger partial charge in [-0.25, -0.2) is 0 Å². The Hall–Kier alpha value is -4.55. The Kier molecular flexibility index (Phi) is 11.8. The predicted molar refractivity (Wildman–Crippen MR) is 211 cm³/mol. The Labute approximate surface area is 311 Å². The van der Waals surface area contributed by atoms with Crippen molar-refractivity contribution in [1.82, 2.24) is 29.2 Å². The van der Waals surface area contributed by atoms with Crippen LogP contribution in [-0.4, -0.2) is 88.5 Å². The summed E-state index contributed by atoms with van der Waals surface area (Å²) in [6.07, 6.45) is 6.06. The molecule has 0 spiro atoms. The van der Waals surface area contributed by atoms with Crippen molar-refractivity contribution >= 4 is 21.8 Å². The average Bonchev–Trinajstić information content (AvgIpc) is 3.17. The van der Waals surface area contributed by atoms with E-state index in [1.165, 1.54) is 11.1 Å². The second kappa shape index (κ2) is 17.1. The molecule has 2 saturated heterocycles. The van der Waals surface area contributed by atoms with Gasteiger partial charge in [0.05, 0.1) is 22.9 Å². The van der Waals surface area contributed by atoms with Crippen LogP contribution in [0.2, 0.25) is 0 Å². The summed E-state index contributed by atoms with van der Waals surface area (Å²) in [7, 11) is 0. The van der Waals surface area contributed by atoms with Crippen LogP contribution < -0.4 is 31.6 Å². The first-order valence-corrected chi connectivity index (χ1v) is 19.2. The zero-order valence-electron chi connectivity index (χ0n) is 31.1. The summed E-state index contributed by atoms with van der Waals surface area (Å²) in [5.41, 5.74) is 11.5. The van der Waals surface area contributed by atoms with E-state index in [1.807, 2.05) is 27.3 Å². The molecule has 0 radical (unpaired) electrons. The average molecular weight is 720 g/mol. The van der Waals surface area contributed by atoms with Crippen LogP contribution in [0, 0.1) is 13.8 Å². The lowest BCUT2D eigenvalue weighted by Crippen LogP contribution is -2.43. The van der Waals surface area contributed by atoms with Gasteiger partial charge in [0.1, 0.15) is 13.2 Å². The Balaban J connectivity index is 0.000000179. The van der Waals surface area contributed by atoms with E-state index >= 15 is 0 Å². The van der Waals surface area contributed by atoms with Gasteiger partial charge in [0.2, 0.25) is 0 Å². The van der Waals surface area contributed by atoms with E-state index in [0.717, 1.165) is 124 Å². The van der Waals surface area contributed by atoms with Crippen molar-refractivity contribution in [2.45, 2.75) is 71.2 Å². The fourth-order valence-corrected chi connectivity index (χ4v) is 7.61. The molecule has 2 fully saturated rings. The first-order chi connectivity index (χ1) is 25.8. The number of nitrogens with zero attached hydrogens (tertiary/aromatic N) is 5. The molecular formula is C42H53N7O4. The van der Waals surface area contributed by atoms with Gasteiger partial charge in [0.25, 0.3) is 11.1 Å². The van der Waals surface area contributed by atoms with E-state index in [0.29, 0.717) is 25.3 Å². The largest absolute Gasteiger partial charge is 0.486 e. The molecule has 3 N–H and O–H groups in total. The van der Waals surface area contributed by atoms with Crippen LogP contribution in [0.1, 0.15) is 42.5 Å². The quantitative estimate of drug-likeness (QED) is 0.228. The van der Waals surface area contributed by atoms with Crippen LogP contribution in [0.15, 0.2) is 82.5 Å². The molecule has 8 rings (SSSR count). The SMILES string of the molecule is Cc1ccc2ccc(=O)n(CCN3CCC(N)CC3)c2c1.Cc1ccc2ccc(=O)n(CCN3CCC(NCc4cc5c(cn4)OCCO5)CC3)c2c1. The van der Waals surface area contributed by atoms with Crippen molar-refractivity contribution < 1.29 is 9.47 Å². The highest BCUT2D eigenvalue weighted by Gasteiger charge is 2.20. The van der Waals surface area contributed by atoms with Crippen molar-refractivity contribution in [3.63, 3.8) is 0 Å². The molecule has 3 aliphatic rings. The lowest BCUT2D eigenvalue weighted by atomic mass is 10.0. The molecule has 11 heteroatoms. The van der Waals surface area contributed by atoms with Crippen LogP contribution in [0.25, 0.3) is 21.8 Å². The number of nitrogens with two attached hydrogens (primary N) is 1. The summed E-state index contributed by atoms with van der Waals surface area (Å²) >= 11 is 0. The molecule has 53 heavy (non-hydrogen) atoms. The number of pyridine rings is 3. The van der Waals surface area contributed by atoms with Crippen molar-refractivity contribution in [3.05, 3.63) is 110 Å². The highest BCUT2D eigenvalue weighted by atomic mass is 16.6. The maximum absolute atomic E-state index is 12.5. The molecule has 0 bridgehead atoms. The van der Waals surface area contributed by atoms with Crippen LogP contribution in [-0.2, 0) is 19.6 Å². The number of aryl methyl sites for hydroxylation is 2. The zero-order valence-corrected chi connectivity index (χ0v) is 31.1. The number of aromatic nitrogens is 3. The van der Waals surface area contributed by atoms with Crippen LogP contribution in [0.4, 0.5) is 0 Å². The van der Waals surface area contributed by atoms with Gasteiger partial charge in [0.15, 0.2) is 11.5 Å². The third-order valence-electron chi connectivity index (χ3n) is 10.9. The smallest absolute Gasteiger partial charge is 0.251 e. The minimum Gasteiger partial charge on any atom is -0.486 e. The van der Waals surface area contributed by atoms with Crippen LogP contribution in [0.5, 0.6) is 11.5 Å². The Morgan fingerprint density at radius 1 is 0.679 bits per heavy atom. The number of fused-ring (bicyclic) bond motifs is 3. The van der Waals surface area contributed by atoms with E-state index in [9.17, 15) is 9.59 Å². The first-order valence-electron chi connectivity index (χ1n) is 19.2. The number of ether oxygens (including phenoxy) is 2. The van der Waals surface area contributed by atoms with E-state index < -0.39 is 0 Å². The highest BCUT2D eigenvalue weighted by Crippen LogP contribution is 2.29. The lowest BCUT2D eigenvalue weighted by Gasteiger charge is -2.32. The number of benzene rings is 2. The maximum Gasteiger partial charge on any atom is 0.251 e. The second-order valence-corrected chi connectivity index (χ2v) is 14.8. The van der Waals surface area contributed by atoms with Gasteiger partial charge in [-0.15, -0.1) is 0 Å². The van der Waals surface area contributed by atoms with Gasteiger partial charge >= 0.3 is 0 Å². The van der Waals surface area contributed by atoms with Gasteiger partial charge in [-0.1, -0.05) is 24.3 Å². The van der Waals surface area contributed by atoms with E-state index in [4.69, 9.17) is 15.2 Å². The molecule has 0 atom stereocenters. The van der Waals surface area contributed by atoms with Crippen molar-refractivity contribution in [2.75, 3.05) is 52.5 Å². The summed E-state index contributed by atoms with van der Waals surface area (Å²) in [4.78, 5) is 34.0. The number of piperidine rings is 2. The summed E-state index contributed by atoms with van der Waals surface area (Å²) in [6.45, 7) is 13.5. The molecule has 0 amide bonds. The summed E-state index contributed by atoms with van der Waals surface area (Å²) in [5, 5.41) is 5.88. The standard InChI is InChI=1S/C25H30N4O3.C17H23N3O/c1-18-2-3-19-4-5-25(30)29(22(19)14-18)11-10-28-8-6-20(7-9-28)26-16-21-15-23-24(17-27-21)32-13-12-31-23;1-13-2-3-14-4-5-17(21)20(16(14)12-13)11-10-19-8-6-15(18)7-9-19/h2-5,14-15,17,20,26H,6-13,16H2,1H3;2-5,12,15H,6-11,18H2,1H3. The van der Waals surface area contributed by atoms with Gasteiger partial charge in [-0.3, -0.25) is 14.6 Å². The maximum atomic E-state index is 12.5. The summed E-state index contributed by atoms with van der Waals surface area (Å²) in [5.74, 6) is 1.52. The zero-order chi connectivity index (χ0) is 36.7. The molecule has 3 aromatic heterocycles. The van der Waals surface area contributed by atoms with Crippen LogP contribution >= 0.6 is 0 Å². The van der Waals surface area contributed by atoms with Gasteiger partial charge in [0, 0.05) is 63.0 Å². The Bertz CT molecular complexity index is 2130. The molecule has 2 aromatic carbocycles. The molecule has 11 nitrogen and oxygen atoms in total. The molecule has 6 heterocycles. The fourth-order valence-electron chi connectivity index (χ4n) is 7.61. The predicted octanol–water partition coefficient (Wildman–Crippen LogP) is 4.46. The highest BCUT2D eigenvalue weighted by molar-refractivity contribution is 5.80. The lowest BCUT2D eigenvalue weighted by molar-refractivity contribution is 0.170. The molecular weight excluding hydrogens is 667 g/mol. The monoisotopic (exact) mass is 719 g/mol. The van der Waals surface area contributed by atoms with Crippen molar-refractivity contribution in [1.29, 1.82) is 0 Å². The first kappa shape index (κ1) is 36.8. The molecule has 5 aromatic rings. The number of rotatable bonds is 9. The van der Waals surface area contributed by atoms with Gasteiger partial charge < -0.3 is 39.5 Å². The summed E-state index contributed by atoms with van der Waals surface area (Å²) < 4.78 is 15.0. The number of hydrogen-bond acceptors (Lipinski definition) is 9. The minimum absolute atomic E-state index is 0.0755. The summed E-state index contributed by atoms with van der Waals surface area (Å²) in [6, 6.07) is 22.5. The molecule has 3 aliphatic heterocycles. The number of likely N-dealkylation sites (tertiary alicyclic amines) is 2. The van der Waals surface area contributed by atoms with Crippen molar-refractivity contribution in [2.24, 2.45) is 5.73 Å². The van der Waals surface area contributed by atoms with Gasteiger partial charge in [-0.2, -0.15) is 0 Å². The second-order valence-electron chi connectivity index (χ2n) is 14.8. The van der Waals surface area contributed by atoms with Gasteiger partial charge in [-0.05, 0) is 112 Å². The topological polar surface area (TPSA) is 120 Å². The van der Waals surface area contributed by atoms with E-state index in [1.54, 1.807) is 18.3 Å². The third-order valence-corrected chi connectivity index (χ3v) is 10.9.